The third-order valence-electron chi connectivity index (χ3n) is 1.93. The zero-order valence-corrected chi connectivity index (χ0v) is 9.58. The highest BCUT2D eigenvalue weighted by molar-refractivity contribution is 8.09. The van der Waals surface area contributed by atoms with Crippen LogP contribution in [0.15, 0.2) is 37.8 Å². The molecule has 0 bridgehead atoms. The minimum Gasteiger partial charge on any atom is -0.192 e. The first-order valence-electron chi connectivity index (χ1n) is 4.25. The Balaban J connectivity index is 2.49. The summed E-state index contributed by atoms with van der Waals surface area (Å²) in [5, 5.41) is 17.8. The predicted molar refractivity (Wildman–Crippen MR) is 61.1 cm³/mol. The van der Waals surface area contributed by atoms with E-state index in [2.05, 4.69) is 12.1 Å². The average Bonchev–Trinajstić information content (AvgIpc) is 2.27. The Hall–Kier alpha value is -1.36. The van der Waals surface area contributed by atoms with Crippen LogP contribution in [0.1, 0.15) is 5.56 Å². The van der Waals surface area contributed by atoms with Gasteiger partial charge in [-0.15, -0.1) is 0 Å². The number of rotatable bonds is 0. The van der Waals surface area contributed by atoms with Crippen LogP contribution in [-0.2, 0) is 0 Å². The molecule has 0 spiro atoms. The SMILES string of the molecule is Cc1ccc2c(c1)SC(C#N)=C(C#N)S2. The van der Waals surface area contributed by atoms with Gasteiger partial charge in [0.1, 0.15) is 21.9 Å². The molecule has 0 saturated heterocycles. The lowest BCUT2D eigenvalue weighted by Crippen LogP contribution is -1.90. The van der Waals surface area contributed by atoms with Gasteiger partial charge in [-0.1, -0.05) is 29.6 Å². The molecule has 1 aliphatic rings. The minimum atomic E-state index is 0.499. The number of nitriles is 2. The zero-order chi connectivity index (χ0) is 10.8. The van der Waals surface area contributed by atoms with Gasteiger partial charge in [-0.25, -0.2) is 0 Å². The number of hydrogen-bond donors (Lipinski definition) is 0. The molecule has 2 nitrogen and oxygen atoms in total. The van der Waals surface area contributed by atoms with Crippen LogP contribution in [0, 0.1) is 29.6 Å². The van der Waals surface area contributed by atoms with Gasteiger partial charge >= 0.3 is 0 Å². The van der Waals surface area contributed by atoms with E-state index in [1.807, 2.05) is 25.1 Å². The summed E-state index contributed by atoms with van der Waals surface area (Å²) in [6, 6.07) is 10.2. The second-order valence-corrected chi connectivity index (χ2v) is 5.14. The van der Waals surface area contributed by atoms with E-state index >= 15 is 0 Å². The molecule has 4 heteroatoms. The largest absolute Gasteiger partial charge is 0.192 e. The van der Waals surface area contributed by atoms with Gasteiger partial charge in [0.2, 0.25) is 0 Å². The molecular weight excluding hydrogens is 224 g/mol. The van der Waals surface area contributed by atoms with E-state index in [1.54, 1.807) is 0 Å². The van der Waals surface area contributed by atoms with Gasteiger partial charge in [0.05, 0.1) is 0 Å². The van der Waals surface area contributed by atoms with Gasteiger partial charge in [0.15, 0.2) is 0 Å². The summed E-state index contributed by atoms with van der Waals surface area (Å²) in [5.41, 5.74) is 1.17. The third kappa shape index (κ3) is 1.87. The first-order chi connectivity index (χ1) is 7.24. The number of benzene rings is 1. The van der Waals surface area contributed by atoms with E-state index in [4.69, 9.17) is 10.5 Å². The number of allylic oxidation sites excluding steroid dienone is 2. The highest BCUT2D eigenvalue weighted by Crippen LogP contribution is 2.46. The molecule has 1 aliphatic heterocycles. The second-order valence-electron chi connectivity index (χ2n) is 3.04. The summed E-state index contributed by atoms with van der Waals surface area (Å²) < 4.78 is 0. The van der Waals surface area contributed by atoms with Crippen molar-refractivity contribution in [2.24, 2.45) is 0 Å². The van der Waals surface area contributed by atoms with Crippen molar-refractivity contribution in [3.63, 3.8) is 0 Å². The van der Waals surface area contributed by atoms with E-state index in [0.717, 1.165) is 9.79 Å². The number of thioether (sulfide) groups is 2. The Bertz CT molecular complexity index is 532. The third-order valence-corrected chi connectivity index (χ3v) is 4.32. The van der Waals surface area contributed by atoms with Crippen molar-refractivity contribution in [1.29, 1.82) is 10.5 Å². The number of fused-ring (bicyclic) bond motifs is 1. The highest BCUT2D eigenvalue weighted by Gasteiger charge is 2.19. The maximum absolute atomic E-state index is 8.89. The first-order valence-corrected chi connectivity index (χ1v) is 5.88. The van der Waals surface area contributed by atoms with E-state index in [1.165, 1.54) is 29.1 Å². The maximum Gasteiger partial charge on any atom is 0.114 e. The van der Waals surface area contributed by atoms with Crippen LogP contribution >= 0.6 is 23.5 Å². The fourth-order valence-corrected chi connectivity index (χ4v) is 3.26. The molecule has 72 valence electrons. The molecule has 0 unspecified atom stereocenters. The van der Waals surface area contributed by atoms with E-state index < -0.39 is 0 Å². The topological polar surface area (TPSA) is 47.6 Å². The van der Waals surface area contributed by atoms with Gasteiger partial charge in [-0.05, 0) is 24.6 Å². The molecule has 0 radical (unpaired) electrons. The van der Waals surface area contributed by atoms with Crippen LogP contribution < -0.4 is 0 Å². The molecule has 0 N–H and O–H groups in total. The molecule has 0 saturated carbocycles. The number of nitrogens with zero attached hydrogens (tertiary/aromatic N) is 2. The minimum absolute atomic E-state index is 0.499. The standard InChI is InChI=1S/C11H6N2S2/c1-7-2-3-8-9(4-7)15-11(6-13)10(5-12)14-8/h2-4H,1H3. The monoisotopic (exact) mass is 230 g/mol. The Morgan fingerprint density at radius 2 is 1.60 bits per heavy atom. The van der Waals surface area contributed by atoms with Crippen molar-refractivity contribution in [2.75, 3.05) is 0 Å². The maximum atomic E-state index is 8.89. The lowest BCUT2D eigenvalue weighted by Gasteiger charge is -2.14. The molecule has 0 fully saturated rings. The number of aryl methyl sites for hydroxylation is 1. The van der Waals surface area contributed by atoms with Crippen molar-refractivity contribution in [3.05, 3.63) is 33.6 Å². The van der Waals surface area contributed by atoms with Crippen LogP contribution in [0.3, 0.4) is 0 Å². The fourth-order valence-electron chi connectivity index (χ4n) is 1.24. The molecule has 0 aromatic heterocycles. The normalized spacial score (nSPS) is 14.1. The quantitative estimate of drug-likeness (QED) is 0.685. The Morgan fingerprint density at radius 1 is 1.00 bits per heavy atom. The summed E-state index contributed by atoms with van der Waals surface area (Å²) in [6.45, 7) is 2.01. The first kappa shape index (κ1) is 10.2. The van der Waals surface area contributed by atoms with Crippen molar-refractivity contribution in [2.45, 2.75) is 16.7 Å². The van der Waals surface area contributed by atoms with Crippen molar-refractivity contribution in [1.82, 2.24) is 0 Å². The number of hydrogen-bond acceptors (Lipinski definition) is 4. The van der Waals surface area contributed by atoms with Crippen LogP contribution in [0.25, 0.3) is 0 Å². The molecule has 15 heavy (non-hydrogen) atoms. The molecule has 2 rings (SSSR count). The average molecular weight is 230 g/mol. The second kappa shape index (κ2) is 4.02. The molecule has 1 aromatic carbocycles. The van der Waals surface area contributed by atoms with Gasteiger partial charge in [0, 0.05) is 9.79 Å². The Kier molecular flexibility index (Phi) is 2.73. The smallest absolute Gasteiger partial charge is 0.114 e. The summed E-state index contributed by atoms with van der Waals surface area (Å²) >= 11 is 2.75. The molecule has 1 aromatic rings. The Morgan fingerprint density at radius 3 is 2.20 bits per heavy atom. The van der Waals surface area contributed by atoms with Gasteiger partial charge in [-0.2, -0.15) is 10.5 Å². The van der Waals surface area contributed by atoms with Gasteiger partial charge in [0.25, 0.3) is 0 Å². The lowest BCUT2D eigenvalue weighted by atomic mass is 10.2. The van der Waals surface area contributed by atoms with Crippen LogP contribution in [0.2, 0.25) is 0 Å². The van der Waals surface area contributed by atoms with Crippen molar-refractivity contribution >= 4 is 23.5 Å². The highest BCUT2D eigenvalue weighted by atomic mass is 32.2. The van der Waals surface area contributed by atoms with Crippen LogP contribution in [-0.4, -0.2) is 0 Å². The molecule has 0 aliphatic carbocycles. The van der Waals surface area contributed by atoms with Gasteiger partial charge < -0.3 is 0 Å². The Labute approximate surface area is 96.6 Å². The van der Waals surface area contributed by atoms with E-state index in [0.29, 0.717) is 9.81 Å². The lowest BCUT2D eigenvalue weighted by molar-refractivity contribution is 1.21. The summed E-state index contributed by atoms with van der Waals surface area (Å²) in [7, 11) is 0. The predicted octanol–water partition coefficient (Wildman–Crippen LogP) is 3.45. The van der Waals surface area contributed by atoms with E-state index in [9.17, 15) is 0 Å². The van der Waals surface area contributed by atoms with E-state index in [-0.39, 0.29) is 0 Å². The molecule has 0 atom stereocenters. The summed E-state index contributed by atoms with van der Waals surface area (Å²) in [5.74, 6) is 0. The molecular formula is C11H6N2S2. The zero-order valence-electron chi connectivity index (χ0n) is 7.94. The molecule has 1 heterocycles. The summed E-state index contributed by atoms with van der Waals surface area (Å²) in [6.07, 6.45) is 0. The summed E-state index contributed by atoms with van der Waals surface area (Å²) in [4.78, 5) is 3.12. The fraction of sp³-hybridized carbons (Fsp3) is 0.0909. The van der Waals surface area contributed by atoms with Crippen LogP contribution in [0.5, 0.6) is 0 Å². The van der Waals surface area contributed by atoms with Crippen molar-refractivity contribution < 1.29 is 0 Å². The van der Waals surface area contributed by atoms with Crippen LogP contribution in [0.4, 0.5) is 0 Å². The molecule has 0 amide bonds. The van der Waals surface area contributed by atoms with Crippen molar-refractivity contribution in [3.8, 4) is 12.1 Å². The van der Waals surface area contributed by atoms with Gasteiger partial charge in [-0.3, -0.25) is 0 Å².